The second-order valence-corrected chi connectivity index (χ2v) is 5.09. The summed E-state index contributed by atoms with van der Waals surface area (Å²) in [6.07, 6.45) is 4.64. The summed E-state index contributed by atoms with van der Waals surface area (Å²) in [5, 5.41) is 9.33. The second-order valence-electron chi connectivity index (χ2n) is 5.09. The maximum Gasteiger partial charge on any atom is 0.326 e. The summed E-state index contributed by atoms with van der Waals surface area (Å²) in [5.74, 6) is -0.356. The highest BCUT2D eigenvalue weighted by Gasteiger charge is 2.28. The van der Waals surface area contributed by atoms with Crippen LogP contribution in [0.4, 0.5) is 4.39 Å². The van der Waals surface area contributed by atoms with Crippen LogP contribution in [0.5, 0.6) is 0 Å². The van der Waals surface area contributed by atoms with Crippen LogP contribution in [-0.4, -0.2) is 20.6 Å². The van der Waals surface area contributed by atoms with Gasteiger partial charge in [-0.25, -0.2) is 14.2 Å². The van der Waals surface area contributed by atoms with E-state index in [2.05, 4.69) is 4.98 Å². The number of carbonyl (C=O) groups is 1. The third-order valence-electron chi connectivity index (χ3n) is 3.73. The predicted molar refractivity (Wildman–Crippen MR) is 71.0 cm³/mol. The van der Waals surface area contributed by atoms with Gasteiger partial charge in [0.1, 0.15) is 17.7 Å². The van der Waals surface area contributed by atoms with E-state index in [1.807, 2.05) is 4.57 Å². The first-order valence-corrected chi connectivity index (χ1v) is 6.67. The SMILES string of the molecule is O=C(O)C1CCCc2cnc(Cc3ccc(F)cc3)n21. The van der Waals surface area contributed by atoms with Crippen molar-refractivity contribution >= 4 is 5.97 Å². The van der Waals surface area contributed by atoms with Crippen molar-refractivity contribution in [1.29, 1.82) is 0 Å². The minimum Gasteiger partial charge on any atom is -0.480 e. The molecular formula is C15H15FN2O2. The highest BCUT2D eigenvalue weighted by atomic mass is 19.1. The van der Waals surface area contributed by atoms with Gasteiger partial charge in [-0.2, -0.15) is 0 Å². The molecule has 1 aliphatic rings. The van der Waals surface area contributed by atoms with Crippen molar-refractivity contribution in [1.82, 2.24) is 9.55 Å². The maximum absolute atomic E-state index is 12.9. The number of nitrogens with zero attached hydrogens (tertiary/aromatic N) is 2. The molecule has 2 aromatic rings. The van der Waals surface area contributed by atoms with Gasteiger partial charge in [-0.1, -0.05) is 12.1 Å². The predicted octanol–water partition coefficient (Wildman–Crippen LogP) is 2.58. The molecule has 1 N–H and O–H groups in total. The maximum atomic E-state index is 12.9. The number of carboxylic acids is 1. The van der Waals surface area contributed by atoms with Crippen LogP contribution in [0.25, 0.3) is 0 Å². The summed E-state index contributed by atoms with van der Waals surface area (Å²) in [6, 6.07) is 5.69. The highest BCUT2D eigenvalue weighted by molar-refractivity contribution is 5.72. The van der Waals surface area contributed by atoms with Crippen LogP contribution in [0.1, 0.15) is 36.0 Å². The average Bonchev–Trinajstić information content (AvgIpc) is 2.84. The van der Waals surface area contributed by atoms with E-state index in [-0.39, 0.29) is 5.82 Å². The van der Waals surface area contributed by atoms with E-state index in [0.717, 1.165) is 29.9 Å². The van der Waals surface area contributed by atoms with E-state index < -0.39 is 12.0 Å². The number of imidazole rings is 1. The number of rotatable bonds is 3. The van der Waals surface area contributed by atoms with Crippen LogP contribution in [0.15, 0.2) is 30.5 Å². The van der Waals surface area contributed by atoms with Gasteiger partial charge >= 0.3 is 5.97 Å². The molecule has 0 aliphatic carbocycles. The Morgan fingerprint density at radius 1 is 1.40 bits per heavy atom. The minimum absolute atomic E-state index is 0.276. The summed E-state index contributed by atoms with van der Waals surface area (Å²) < 4.78 is 14.7. The van der Waals surface area contributed by atoms with Gasteiger partial charge in [0, 0.05) is 18.3 Å². The van der Waals surface area contributed by atoms with Crippen LogP contribution in [0.3, 0.4) is 0 Å². The van der Waals surface area contributed by atoms with Gasteiger partial charge in [0.2, 0.25) is 0 Å². The zero-order valence-electron chi connectivity index (χ0n) is 10.9. The molecule has 4 nitrogen and oxygen atoms in total. The molecule has 0 fully saturated rings. The number of fused-ring (bicyclic) bond motifs is 1. The molecule has 104 valence electrons. The quantitative estimate of drug-likeness (QED) is 0.936. The molecule has 1 aromatic heterocycles. The van der Waals surface area contributed by atoms with Crippen LogP contribution >= 0.6 is 0 Å². The van der Waals surface area contributed by atoms with Gasteiger partial charge in [-0.15, -0.1) is 0 Å². The van der Waals surface area contributed by atoms with E-state index in [1.165, 1.54) is 12.1 Å². The molecule has 2 heterocycles. The minimum atomic E-state index is -0.815. The third-order valence-corrected chi connectivity index (χ3v) is 3.73. The van der Waals surface area contributed by atoms with E-state index >= 15 is 0 Å². The van der Waals surface area contributed by atoms with Crippen molar-refractivity contribution in [2.75, 3.05) is 0 Å². The van der Waals surface area contributed by atoms with Crippen molar-refractivity contribution in [2.24, 2.45) is 0 Å². The molecule has 20 heavy (non-hydrogen) atoms. The van der Waals surface area contributed by atoms with Crippen molar-refractivity contribution in [2.45, 2.75) is 31.7 Å². The molecule has 3 rings (SSSR count). The van der Waals surface area contributed by atoms with Gasteiger partial charge in [0.25, 0.3) is 0 Å². The largest absolute Gasteiger partial charge is 0.480 e. The van der Waals surface area contributed by atoms with Gasteiger partial charge in [-0.3, -0.25) is 0 Å². The summed E-state index contributed by atoms with van der Waals surface area (Å²) in [7, 11) is 0. The number of hydrogen-bond acceptors (Lipinski definition) is 2. The Bertz CT molecular complexity index is 634. The topological polar surface area (TPSA) is 55.1 Å². The zero-order chi connectivity index (χ0) is 14.1. The summed E-state index contributed by atoms with van der Waals surface area (Å²) in [5.41, 5.74) is 1.90. The van der Waals surface area contributed by atoms with E-state index in [0.29, 0.717) is 12.8 Å². The number of aryl methyl sites for hydroxylation is 1. The fourth-order valence-electron chi connectivity index (χ4n) is 2.76. The number of benzene rings is 1. The first kappa shape index (κ1) is 12.8. The summed E-state index contributed by atoms with van der Waals surface area (Å²) >= 11 is 0. The Labute approximate surface area is 115 Å². The van der Waals surface area contributed by atoms with Crippen molar-refractivity contribution in [3.8, 4) is 0 Å². The number of aliphatic carboxylic acids is 1. The van der Waals surface area contributed by atoms with Crippen LogP contribution in [0.2, 0.25) is 0 Å². The first-order valence-electron chi connectivity index (χ1n) is 6.67. The third kappa shape index (κ3) is 2.31. The molecular weight excluding hydrogens is 259 g/mol. The Morgan fingerprint density at radius 3 is 2.85 bits per heavy atom. The van der Waals surface area contributed by atoms with Crippen molar-refractivity contribution < 1.29 is 14.3 Å². The number of hydrogen-bond donors (Lipinski definition) is 1. The lowest BCUT2D eigenvalue weighted by molar-refractivity contribution is -0.141. The standard InChI is InChI=1S/C15H15FN2O2/c16-11-6-4-10(5-7-11)8-14-17-9-12-2-1-3-13(15(19)20)18(12)14/h4-7,9,13H,1-3,8H2,(H,19,20). The summed E-state index contributed by atoms with van der Waals surface area (Å²) in [6.45, 7) is 0. The fraction of sp³-hybridized carbons (Fsp3) is 0.333. The van der Waals surface area contributed by atoms with Gasteiger partial charge in [0.15, 0.2) is 0 Å². The smallest absolute Gasteiger partial charge is 0.326 e. The molecule has 5 heteroatoms. The average molecular weight is 274 g/mol. The molecule has 0 spiro atoms. The molecule has 0 amide bonds. The van der Waals surface area contributed by atoms with Crippen LogP contribution < -0.4 is 0 Å². The Hall–Kier alpha value is -2.17. The molecule has 1 aromatic carbocycles. The number of aromatic nitrogens is 2. The van der Waals surface area contributed by atoms with Crippen molar-refractivity contribution in [3.63, 3.8) is 0 Å². The molecule has 0 saturated carbocycles. The van der Waals surface area contributed by atoms with Gasteiger partial charge in [0.05, 0.1) is 0 Å². The molecule has 1 aliphatic heterocycles. The molecule has 0 saturated heterocycles. The normalized spacial score (nSPS) is 17.8. The lowest BCUT2D eigenvalue weighted by Crippen LogP contribution is -2.26. The molecule has 0 radical (unpaired) electrons. The molecule has 1 atom stereocenters. The molecule has 1 unspecified atom stereocenters. The zero-order valence-corrected chi connectivity index (χ0v) is 10.9. The monoisotopic (exact) mass is 274 g/mol. The van der Waals surface area contributed by atoms with Gasteiger partial charge in [-0.05, 0) is 37.0 Å². The van der Waals surface area contributed by atoms with E-state index in [1.54, 1.807) is 18.3 Å². The van der Waals surface area contributed by atoms with Crippen LogP contribution in [0, 0.1) is 5.82 Å². The summed E-state index contributed by atoms with van der Waals surface area (Å²) in [4.78, 5) is 15.7. The molecule has 0 bridgehead atoms. The second kappa shape index (κ2) is 5.07. The first-order chi connectivity index (χ1) is 9.65. The van der Waals surface area contributed by atoms with Gasteiger partial charge < -0.3 is 9.67 Å². The lowest BCUT2D eigenvalue weighted by Gasteiger charge is -2.24. The van der Waals surface area contributed by atoms with Crippen molar-refractivity contribution in [3.05, 3.63) is 53.4 Å². The Morgan fingerprint density at radius 2 is 2.15 bits per heavy atom. The Kier molecular flexibility index (Phi) is 3.26. The fourth-order valence-corrected chi connectivity index (χ4v) is 2.76. The van der Waals surface area contributed by atoms with E-state index in [4.69, 9.17) is 0 Å². The van der Waals surface area contributed by atoms with E-state index in [9.17, 15) is 14.3 Å². The number of carboxylic acid groups (broad SMARTS) is 1. The Balaban J connectivity index is 1.93. The lowest BCUT2D eigenvalue weighted by atomic mass is 10.0. The van der Waals surface area contributed by atoms with Crippen LogP contribution in [-0.2, 0) is 17.6 Å². The number of halogens is 1. The highest BCUT2D eigenvalue weighted by Crippen LogP contribution is 2.27.